The molecule has 3 amide bonds. The fourth-order valence-electron chi connectivity index (χ4n) is 12.0. The summed E-state index contributed by atoms with van der Waals surface area (Å²) in [6, 6.07) is 25.7. The molecule has 5 atom stereocenters. The fraction of sp³-hybridized carbons (Fsp3) is 0.324. The van der Waals surface area contributed by atoms with Crippen molar-refractivity contribution < 1.29 is 119 Å². The van der Waals surface area contributed by atoms with E-state index in [-0.39, 0.29) is 119 Å². The highest BCUT2D eigenvalue weighted by atomic mass is 32.2. The van der Waals surface area contributed by atoms with E-state index in [0.717, 1.165) is 16.7 Å². The van der Waals surface area contributed by atoms with Crippen molar-refractivity contribution in [2.45, 2.75) is 115 Å². The number of anilines is 1. The number of aromatic nitrogens is 6. The van der Waals surface area contributed by atoms with Gasteiger partial charge in [0.15, 0.2) is 15.9 Å². The Balaban J connectivity index is 0.000000178. The summed E-state index contributed by atoms with van der Waals surface area (Å²) in [5.41, 5.74) is 11.9. The molecule has 0 radical (unpaired) electrons. The summed E-state index contributed by atoms with van der Waals surface area (Å²) in [4.78, 5) is 81.5. The second-order valence-corrected chi connectivity index (χ2v) is 30.8. The molecule has 5 aromatic carbocycles. The number of fused-ring (bicyclic) bond motifs is 5. The zero-order valence-electron chi connectivity index (χ0n) is 60.4. The Morgan fingerprint density at radius 1 is 0.549 bits per heavy atom. The SMILES string of the molecule is C=C(O)c1cccc2c1OB(O)[C@@H](CC(=O)CSc1nnc(N)s1)C2.C=C(O)c1cccc2c1OB(O)[C@@H](CC(=O)CSc1nnnn1C)C2.C=C(O)c1cccc2c1OB(O)[C@@H](CC(N)=O)C2.CC(=O)c1cccc2c1OB(O)[C@@H](NC(=O)CSC(F)(F)F)C2.CC(=O)c1cccc2c1OB(O)[C@@H](NC(=O)CSC(F)F)C2. The number of para-hydroxylation sites is 5. The molecular weight excluding hydrogens is 1590 g/mol. The number of nitrogens with two attached hydrogens (primary N) is 2. The minimum absolute atomic E-state index is 0.0161. The number of Topliss-reactive ketones (excluding diaryl/α,β-unsaturated/α-hetero) is 4. The van der Waals surface area contributed by atoms with E-state index in [9.17, 15) is 96.0 Å². The van der Waals surface area contributed by atoms with Crippen molar-refractivity contribution in [3.05, 3.63) is 166 Å². The van der Waals surface area contributed by atoms with Gasteiger partial charge in [0.1, 0.15) is 57.6 Å². The van der Waals surface area contributed by atoms with Crippen LogP contribution in [0.2, 0.25) is 17.5 Å². The number of nitrogens with one attached hydrogen (secondary N) is 2. The standard InChI is InChI=1S/C15H17BN4O4S.C15H16BN3O4S2.C13H13BF3NO4S.C13H14BF2NO4S.C12H14BNO4/c1-9(21)13-5-3-4-10-6-11(16(23)24-14(10)13)7-12(22)8-25-15-17-18-19-20(15)2;1-8(20)12-4-2-3-9-5-10(16(22)23-13(9)12)6-11(21)7-24-15-19-18-14(17)25-15;1-7(19)9-4-2-3-8-5-10(14(21)22-12(8)9)18-11(20)6-23-13(15,16)17;1-7(18)9-4-2-3-8-5-10(14(20)21-12(8)9)17-11(19)6-22-13(15)16;1-7(15)10-4-2-3-8-5-9(6-11(14)16)13(17)18-12(8)10/h3-5,11,21,23H,1,6-8H2,2H3;2-4,10,20,22H,1,5-7H2,(H2,17,18);2-4,10,21H,5-6H2,1H3,(H,18,20);2-4,10,13,20H,5-6H2,1H3,(H,17,19);2-4,9,15,17H,1,5-6H2,(H2,14,16)/t11-;3*10-;9-/m11001/s1. The van der Waals surface area contributed by atoms with Gasteiger partial charge in [-0.05, 0) is 126 Å². The topological polar surface area (TPSA) is 473 Å². The number of primary amides is 1. The first-order valence-electron chi connectivity index (χ1n) is 34.0. The molecule has 0 saturated carbocycles. The lowest BCUT2D eigenvalue weighted by atomic mass is 9.64. The van der Waals surface area contributed by atoms with E-state index in [1.54, 1.807) is 79.8 Å². The number of hydrogen-bond donors (Lipinski definition) is 12. The van der Waals surface area contributed by atoms with Crippen molar-refractivity contribution in [3.8, 4) is 28.7 Å². The highest BCUT2D eigenvalue weighted by molar-refractivity contribution is 8.01. The number of benzene rings is 5. The van der Waals surface area contributed by atoms with Crippen LogP contribution in [0.3, 0.4) is 0 Å². The summed E-state index contributed by atoms with van der Waals surface area (Å²) >= 11 is 3.52. The van der Waals surface area contributed by atoms with Gasteiger partial charge in [0.2, 0.25) is 28.0 Å². The third-order valence-corrected chi connectivity index (χ3v) is 21.6. The Kier molecular flexibility index (Phi) is 32.2. The predicted octanol–water partition coefficient (Wildman–Crippen LogP) is 7.20. The van der Waals surface area contributed by atoms with E-state index in [2.05, 4.69) is 56.1 Å². The van der Waals surface area contributed by atoms with Gasteiger partial charge < -0.3 is 85.8 Å². The molecule has 12 rings (SSSR count). The number of alkyl halides is 5. The number of aliphatic hydroxyl groups is 3. The fourth-order valence-corrected chi connectivity index (χ4v) is 14.9. The molecule has 7 aromatic rings. The van der Waals surface area contributed by atoms with Crippen molar-refractivity contribution in [1.82, 2.24) is 41.0 Å². The molecule has 113 heavy (non-hydrogen) atoms. The van der Waals surface area contributed by atoms with E-state index < -0.39 is 99.7 Å². The van der Waals surface area contributed by atoms with Crippen LogP contribution in [0.1, 0.15) is 98.3 Å². The van der Waals surface area contributed by atoms with E-state index in [1.165, 1.54) is 53.4 Å². The zero-order valence-corrected chi connectivity index (χ0v) is 64.4. The number of thioether (sulfide) groups is 4. The lowest BCUT2D eigenvalue weighted by molar-refractivity contribution is -0.119. The normalized spacial score (nSPS) is 16.8. The van der Waals surface area contributed by atoms with Crippen LogP contribution < -0.4 is 45.4 Å². The Morgan fingerprint density at radius 3 is 1.26 bits per heavy atom. The Labute approximate surface area is 665 Å². The average Bonchev–Trinajstić information content (AvgIpc) is 0.836. The maximum atomic E-state index is 12.2. The molecule has 0 bridgehead atoms. The van der Waals surface area contributed by atoms with Crippen LogP contribution in [0.4, 0.5) is 27.1 Å². The zero-order chi connectivity index (χ0) is 82.7. The van der Waals surface area contributed by atoms with Crippen LogP contribution in [0.5, 0.6) is 28.7 Å². The molecule has 5 aliphatic rings. The van der Waals surface area contributed by atoms with Gasteiger partial charge in [0.25, 0.3) is 5.76 Å². The number of aryl methyl sites for hydroxylation is 1. The Morgan fingerprint density at radius 2 is 0.912 bits per heavy atom. The maximum Gasteiger partial charge on any atom is 0.547 e. The highest BCUT2D eigenvalue weighted by Gasteiger charge is 2.43. The summed E-state index contributed by atoms with van der Waals surface area (Å²) in [6.45, 7) is 13.2. The van der Waals surface area contributed by atoms with Gasteiger partial charge in [-0.25, -0.2) is 4.68 Å². The van der Waals surface area contributed by atoms with Crippen LogP contribution in [0.25, 0.3) is 17.3 Å². The number of halogens is 5. The molecule has 14 N–H and O–H groups in total. The van der Waals surface area contributed by atoms with Crippen LogP contribution in [0, 0.1) is 0 Å². The lowest BCUT2D eigenvalue weighted by Gasteiger charge is -2.29. The van der Waals surface area contributed by atoms with Gasteiger partial charge in [-0.3, -0.25) is 33.6 Å². The van der Waals surface area contributed by atoms with Gasteiger partial charge in [0.05, 0.1) is 62.7 Å². The van der Waals surface area contributed by atoms with Gasteiger partial charge in [-0.15, -0.1) is 15.3 Å². The van der Waals surface area contributed by atoms with Crippen molar-refractivity contribution in [1.29, 1.82) is 0 Å². The molecular formula is C68H74B5F5N10O20S5. The minimum atomic E-state index is -4.50. The average molecular weight is 1660 g/mol. The first kappa shape index (κ1) is 89.0. The van der Waals surface area contributed by atoms with Crippen LogP contribution in [0.15, 0.2) is 120 Å². The number of carbonyl (C=O) groups is 7. The van der Waals surface area contributed by atoms with E-state index >= 15 is 0 Å². The first-order chi connectivity index (χ1) is 53.4. The number of nitrogen functional groups attached to an aromatic ring is 1. The molecule has 2 aromatic heterocycles. The third kappa shape index (κ3) is 25.7. The largest absolute Gasteiger partial charge is 0.547 e. The van der Waals surface area contributed by atoms with Crippen molar-refractivity contribution in [2.24, 2.45) is 12.8 Å². The van der Waals surface area contributed by atoms with Crippen LogP contribution >= 0.6 is 58.4 Å². The number of hydrogen-bond acceptors (Lipinski definition) is 31. The summed E-state index contributed by atoms with van der Waals surface area (Å²) in [7, 11) is -4.41. The number of nitrogens with zero attached hydrogens (tertiary/aromatic N) is 6. The monoisotopic (exact) mass is 1660 g/mol. The molecule has 0 aliphatic carbocycles. The smallest absolute Gasteiger partial charge is 0.535 e. The van der Waals surface area contributed by atoms with Crippen molar-refractivity contribution in [3.63, 3.8) is 0 Å². The van der Waals surface area contributed by atoms with Crippen molar-refractivity contribution in [2.75, 3.05) is 28.7 Å². The second-order valence-electron chi connectivity index (χ2n) is 25.6. The van der Waals surface area contributed by atoms with Gasteiger partial charge in [-0.2, -0.15) is 22.0 Å². The van der Waals surface area contributed by atoms with Gasteiger partial charge >= 0.3 is 41.1 Å². The Hall–Kier alpha value is -9.59. The van der Waals surface area contributed by atoms with Crippen LogP contribution in [-0.2, 0) is 63.1 Å². The molecule has 45 heteroatoms. The number of ketones is 4. The number of rotatable bonds is 24. The number of amides is 3. The molecule has 0 saturated heterocycles. The van der Waals surface area contributed by atoms with Gasteiger partial charge in [0, 0.05) is 43.8 Å². The molecule has 0 spiro atoms. The molecule has 30 nitrogen and oxygen atoms in total. The maximum absolute atomic E-state index is 12.2. The van der Waals surface area contributed by atoms with Crippen LogP contribution in [-0.4, -0.2) is 193 Å². The molecule has 0 unspecified atom stereocenters. The molecule has 7 heterocycles. The Bertz CT molecular complexity index is 4660. The predicted molar refractivity (Wildman–Crippen MR) is 418 cm³/mol. The lowest BCUT2D eigenvalue weighted by Crippen LogP contribution is -2.53. The first-order valence-corrected chi connectivity index (χ1v) is 38.8. The third-order valence-electron chi connectivity index (χ3n) is 17.2. The minimum Gasteiger partial charge on any atom is -0.535 e. The summed E-state index contributed by atoms with van der Waals surface area (Å²) in [5, 5.41) is 103. The molecule has 0 fully saturated rings. The van der Waals surface area contributed by atoms with Crippen molar-refractivity contribution >= 4 is 157 Å². The van der Waals surface area contributed by atoms with E-state index in [0.29, 0.717) is 95.8 Å². The highest BCUT2D eigenvalue weighted by Crippen LogP contribution is 2.42. The quantitative estimate of drug-likeness (QED) is 0.00934. The molecule has 596 valence electrons. The number of tetrazole rings is 1. The number of carbonyl (C=O) groups excluding carboxylic acids is 7. The summed E-state index contributed by atoms with van der Waals surface area (Å²) in [5.74, 6) is -7.03. The number of aliphatic hydroxyl groups excluding tert-OH is 3. The summed E-state index contributed by atoms with van der Waals surface area (Å²) in [6.07, 6.45) is 2.28. The second kappa shape index (κ2) is 40.9. The molecule has 5 aliphatic heterocycles. The van der Waals surface area contributed by atoms with E-state index in [1.807, 2.05) is 18.2 Å². The summed E-state index contributed by atoms with van der Waals surface area (Å²) < 4.78 is 89.5. The van der Waals surface area contributed by atoms with Gasteiger partial charge in [-0.1, -0.05) is 127 Å². The van der Waals surface area contributed by atoms with E-state index in [4.69, 9.17) is 34.7 Å².